The molecule has 0 saturated carbocycles. The van der Waals surface area contributed by atoms with Crippen molar-refractivity contribution in [1.82, 2.24) is 20.0 Å². The van der Waals surface area contributed by atoms with Gasteiger partial charge >= 0.3 is 0 Å². The van der Waals surface area contributed by atoms with Crippen molar-refractivity contribution in [2.75, 3.05) is 6.54 Å². The predicted molar refractivity (Wildman–Crippen MR) is 119 cm³/mol. The molecular formula is C25H30N4O2. The number of benzene rings is 1. The van der Waals surface area contributed by atoms with Crippen LogP contribution in [0.2, 0.25) is 0 Å². The minimum atomic E-state index is -0.0780. The Morgan fingerprint density at radius 2 is 2.00 bits per heavy atom. The SMILES string of the molecule is CCCc1ncc(-c2cc(C)no2)c([C@H]2CCCCN2C(=O)Cc2ccc(C)cc2)n1. The largest absolute Gasteiger partial charge is 0.356 e. The van der Waals surface area contributed by atoms with Crippen LogP contribution < -0.4 is 0 Å². The van der Waals surface area contributed by atoms with Crippen LogP contribution in [0, 0.1) is 13.8 Å². The molecule has 6 heteroatoms. The molecule has 1 saturated heterocycles. The van der Waals surface area contributed by atoms with Crippen molar-refractivity contribution in [1.29, 1.82) is 0 Å². The Morgan fingerprint density at radius 3 is 2.71 bits per heavy atom. The van der Waals surface area contributed by atoms with Crippen molar-refractivity contribution in [2.45, 2.75) is 65.3 Å². The van der Waals surface area contributed by atoms with E-state index in [1.165, 1.54) is 5.56 Å². The van der Waals surface area contributed by atoms with Crippen molar-refractivity contribution >= 4 is 5.91 Å². The standard InChI is InChI=1S/C25H30N4O2/c1-4-7-23-26-16-20(22-14-18(3)28-31-22)25(27-23)21-8-5-6-13-29(21)24(30)15-19-11-9-17(2)10-12-19/h9-12,14,16,21H,4-8,13,15H2,1-3H3/t21-/m1/s1. The first-order valence-corrected chi connectivity index (χ1v) is 11.2. The lowest BCUT2D eigenvalue weighted by molar-refractivity contribution is -0.134. The number of amides is 1. The lowest BCUT2D eigenvalue weighted by Crippen LogP contribution is -2.40. The van der Waals surface area contributed by atoms with Crippen LogP contribution in [0.3, 0.4) is 0 Å². The number of rotatable bonds is 6. The van der Waals surface area contributed by atoms with Crippen molar-refractivity contribution in [3.8, 4) is 11.3 Å². The van der Waals surface area contributed by atoms with Gasteiger partial charge in [0.1, 0.15) is 5.82 Å². The molecule has 1 aromatic carbocycles. The van der Waals surface area contributed by atoms with E-state index in [2.05, 4.69) is 36.1 Å². The summed E-state index contributed by atoms with van der Waals surface area (Å²) in [6.07, 6.45) is 7.00. The number of carbonyl (C=O) groups is 1. The lowest BCUT2D eigenvalue weighted by Gasteiger charge is -2.36. The highest BCUT2D eigenvalue weighted by molar-refractivity contribution is 5.79. The molecule has 0 aliphatic carbocycles. The van der Waals surface area contributed by atoms with E-state index >= 15 is 0 Å². The van der Waals surface area contributed by atoms with Gasteiger partial charge in [0.2, 0.25) is 5.91 Å². The summed E-state index contributed by atoms with van der Waals surface area (Å²) in [5.41, 5.74) is 4.77. The number of hydrogen-bond acceptors (Lipinski definition) is 5. The Balaban J connectivity index is 1.68. The van der Waals surface area contributed by atoms with Gasteiger partial charge in [-0.3, -0.25) is 4.79 Å². The maximum Gasteiger partial charge on any atom is 0.227 e. The molecule has 1 atom stereocenters. The minimum absolute atomic E-state index is 0.0780. The number of likely N-dealkylation sites (tertiary alicyclic amines) is 1. The second kappa shape index (κ2) is 9.41. The summed E-state index contributed by atoms with van der Waals surface area (Å²) in [5, 5.41) is 4.04. The molecular weight excluding hydrogens is 388 g/mol. The fraction of sp³-hybridized carbons (Fsp3) is 0.440. The normalized spacial score (nSPS) is 16.5. The molecule has 0 spiro atoms. The smallest absolute Gasteiger partial charge is 0.227 e. The average Bonchev–Trinajstić information content (AvgIpc) is 3.21. The van der Waals surface area contributed by atoms with Crippen molar-refractivity contribution in [3.63, 3.8) is 0 Å². The quantitative estimate of drug-likeness (QED) is 0.563. The zero-order valence-electron chi connectivity index (χ0n) is 18.6. The zero-order valence-corrected chi connectivity index (χ0v) is 18.6. The third kappa shape index (κ3) is 4.84. The fourth-order valence-corrected chi connectivity index (χ4v) is 4.21. The van der Waals surface area contributed by atoms with E-state index in [-0.39, 0.29) is 11.9 Å². The van der Waals surface area contributed by atoms with E-state index in [1.54, 1.807) is 0 Å². The van der Waals surface area contributed by atoms with E-state index in [9.17, 15) is 4.79 Å². The Labute approximate surface area is 183 Å². The summed E-state index contributed by atoms with van der Waals surface area (Å²) in [5.74, 6) is 1.62. The number of hydrogen-bond donors (Lipinski definition) is 0. The Kier molecular flexibility index (Phi) is 6.44. The van der Waals surface area contributed by atoms with Crippen LogP contribution in [0.4, 0.5) is 0 Å². The van der Waals surface area contributed by atoms with Crippen LogP contribution in [0.15, 0.2) is 41.1 Å². The Bertz CT molecular complexity index is 1040. The molecule has 1 fully saturated rings. The fourth-order valence-electron chi connectivity index (χ4n) is 4.21. The van der Waals surface area contributed by atoms with Gasteiger partial charge in [0.15, 0.2) is 5.76 Å². The van der Waals surface area contributed by atoms with Gasteiger partial charge < -0.3 is 9.42 Å². The van der Waals surface area contributed by atoms with Crippen molar-refractivity contribution in [2.24, 2.45) is 0 Å². The first-order chi connectivity index (χ1) is 15.0. The van der Waals surface area contributed by atoms with Crippen LogP contribution in [-0.4, -0.2) is 32.5 Å². The van der Waals surface area contributed by atoms with Crippen LogP contribution in [0.1, 0.15) is 67.0 Å². The molecule has 1 aliphatic heterocycles. The molecule has 31 heavy (non-hydrogen) atoms. The predicted octanol–water partition coefficient (Wildman–Crippen LogP) is 5.00. The highest BCUT2D eigenvalue weighted by Crippen LogP contribution is 2.36. The third-order valence-electron chi connectivity index (χ3n) is 5.85. The molecule has 0 unspecified atom stereocenters. The number of nitrogens with zero attached hydrogens (tertiary/aromatic N) is 4. The van der Waals surface area contributed by atoms with Gasteiger partial charge in [0.05, 0.1) is 29.4 Å². The summed E-state index contributed by atoms with van der Waals surface area (Å²) >= 11 is 0. The van der Waals surface area contributed by atoms with Gasteiger partial charge in [0, 0.05) is 25.2 Å². The molecule has 0 N–H and O–H groups in total. The maximum atomic E-state index is 13.3. The molecule has 1 amide bonds. The molecule has 0 radical (unpaired) electrons. The summed E-state index contributed by atoms with van der Waals surface area (Å²) in [6.45, 7) is 6.82. The molecule has 1 aliphatic rings. The van der Waals surface area contributed by atoms with E-state index in [0.29, 0.717) is 12.2 Å². The Morgan fingerprint density at radius 1 is 1.19 bits per heavy atom. The Hall–Kier alpha value is -3.02. The average molecular weight is 419 g/mol. The van der Waals surface area contributed by atoms with Crippen molar-refractivity contribution in [3.05, 3.63) is 64.9 Å². The van der Waals surface area contributed by atoms with Crippen LogP contribution >= 0.6 is 0 Å². The monoisotopic (exact) mass is 418 g/mol. The summed E-state index contributed by atoms with van der Waals surface area (Å²) < 4.78 is 5.55. The van der Waals surface area contributed by atoms with Gasteiger partial charge in [-0.05, 0) is 45.1 Å². The van der Waals surface area contributed by atoms with Crippen LogP contribution in [0.5, 0.6) is 0 Å². The lowest BCUT2D eigenvalue weighted by atomic mass is 9.94. The number of aromatic nitrogens is 3. The molecule has 3 heterocycles. The molecule has 2 aromatic heterocycles. The highest BCUT2D eigenvalue weighted by Gasteiger charge is 2.32. The highest BCUT2D eigenvalue weighted by atomic mass is 16.5. The van der Waals surface area contributed by atoms with Gasteiger partial charge in [-0.1, -0.05) is 41.9 Å². The second-order valence-electron chi connectivity index (χ2n) is 8.43. The van der Waals surface area contributed by atoms with Gasteiger partial charge in [0.25, 0.3) is 0 Å². The summed E-state index contributed by atoms with van der Waals surface area (Å²) in [6, 6.07) is 10.0. The number of piperidine rings is 1. The molecule has 4 rings (SSSR count). The van der Waals surface area contributed by atoms with Gasteiger partial charge in [-0.2, -0.15) is 0 Å². The molecule has 0 bridgehead atoms. The summed E-state index contributed by atoms with van der Waals surface area (Å²) in [4.78, 5) is 24.8. The van der Waals surface area contributed by atoms with E-state index in [4.69, 9.17) is 9.51 Å². The second-order valence-corrected chi connectivity index (χ2v) is 8.43. The number of carbonyl (C=O) groups excluding carboxylic acids is 1. The van der Waals surface area contributed by atoms with Crippen LogP contribution in [-0.2, 0) is 17.6 Å². The van der Waals surface area contributed by atoms with E-state index in [0.717, 1.165) is 67.0 Å². The van der Waals surface area contributed by atoms with Crippen molar-refractivity contribution < 1.29 is 9.32 Å². The van der Waals surface area contributed by atoms with Gasteiger partial charge in [-0.25, -0.2) is 9.97 Å². The summed E-state index contributed by atoms with van der Waals surface area (Å²) in [7, 11) is 0. The minimum Gasteiger partial charge on any atom is -0.356 e. The third-order valence-corrected chi connectivity index (χ3v) is 5.85. The maximum absolute atomic E-state index is 13.3. The molecule has 3 aromatic rings. The zero-order chi connectivity index (χ0) is 21.8. The topological polar surface area (TPSA) is 72.1 Å². The van der Waals surface area contributed by atoms with E-state index < -0.39 is 0 Å². The first-order valence-electron chi connectivity index (χ1n) is 11.2. The van der Waals surface area contributed by atoms with Gasteiger partial charge in [-0.15, -0.1) is 0 Å². The van der Waals surface area contributed by atoms with Crippen LogP contribution in [0.25, 0.3) is 11.3 Å². The van der Waals surface area contributed by atoms with E-state index in [1.807, 2.05) is 36.2 Å². The molecule has 6 nitrogen and oxygen atoms in total. The molecule has 162 valence electrons. The number of aryl methyl sites for hydroxylation is 3. The first kappa shape index (κ1) is 21.2.